The fourth-order valence-corrected chi connectivity index (χ4v) is 4.10. The van der Waals surface area contributed by atoms with E-state index in [2.05, 4.69) is 30.8 Å². The molecule has 37 heavy (non-hydrogen) atoms. The fraction of sp³-hybridized carbons (Fsp3) is 0.308. The number of hydrogen-bond donors (Lipinski definition) is 4. The van der Waals surface area contributed by atoms with Gasteiger partial charge in [-0.25, -0.2) is 9.37 Å². The minimum atomic E-state index is -0.576. The number of piperidine rings is 1. The summed E-state index contributed by atoms with van der Waals surface area (Å²) >= 11 is 0. The Bertz CT molecular complexity index is 1250. The molecule has 4 rings (SSSR count). The molecule has 2 aromatic carbocycles. The highest BCUT2D eigenvalue weighted by Gasteiger charge is 2.21. The van der Waals surface area contributed by atoms with E-state index in [4.69, 9.17) is 4.74 Å². The number of carbonyl (C=O) groups excluding carboxylic acids is 3. The van der Waals surface area contributed by atoms with Crippen molar-refractivity contribution in [1.82, 2.24) is 20.2 Å². The third-order valence-corrected chi connectivity index (χ3v) is 6.06. The van der Waals surface area contributed by atoms with E-state index in [0.717, 1.165) is 19.6 Å². The van der Waals surface area contributed by atoms with Crippen LogP contribution in [0.4, 0.5) is 15.8 Å². The van der Waals surface area contributed by atoms with Gasteiger partial charge in [0.15, 0.2) is 5.69 Å². The van der Waals surface area contributed by atoms with Crippen LogP contribution < -0.4 is 20.7 Å². The summed E-state index contributed by atoms with van der Waals surface area (Å²) in [6, 6.07) is 9.81. The molecule has 0 radical (unpaired) electrons. The molecule has 0 bridgehead atoms. The molecule has 3 aromatic rings. The van der Waals surface area contributed by atoms with Gasteiger partial charge >= 0.3 is 0 Å². The molecule has 0 unspecified atom stereocenters. The van der Waals surface area contributed by atoms with Crippen molar-refractivity contribution in [1.29, 1.82) is 0 Å². The van der Waals surface area contributed by atoms with E-state index < -0.39 is 23.5 Å². The number of halogens is 1. The Morgan fingerprint density at radius 2 is 1.76 bits per heavy atom. The summed E-state index contributed by atoms with van der Waals surface area (Å²) in [6.07, 6.45) is 4.88. The van der Waals surface area contributed by atoms with Crippen molar-refractivity contribution in [3.8, 4) is 5.75 Å². The van der Waals surface area contributed by atoms with Crippen LogP contribution in [0.1, 0.15) is 50.6 Å². The average molecular weight is 509 g/mol. The molecule has 0 aliphatic carbocycles. The van der Waals surface area contributed by atoms with E-state index in [9.17, 15) is 18.8 Å². The summed E-state index contributed by atoms with van der Waals surface area (Å²) in [5, 5.41) is 8.24. The van der Waals surface area contributed by atoms with Crippen LogP contribution in [-0.4, -0.2) is 65.9 Å². The zero-order chi connectivity index (χ0) is 26.2. The molecule has 1 aliphatic heterocycles. The Morgan fingerprint density at radius 1 is 1.00 bits per heavy atom. The van der Waals surface area contributed by atoms with Gasteiger partial charge in [-0.05, 0) is 62.3 Å². The number of aromatic nitrogens is 2. The van der Waals surface area contributed by atoms with Gasteiger partial charge in [0, 0.05) is 30.4 Å². The number of rotatable bonds is 9. The first-order chi connectivity index (χ1) is 17.9. The molecule has 0 saturated carbocycles. The second-order valence-corrected chi connectivity index (χ2v) is 8.61. The maximum absolute atomic E-state index is 13.1. The molecule has 194 valence electrons. The van der Waals surface area contributed by atoms with Crippen LogP contribution in [-0.2, 0) is 0 Å². The maximum atomic E-state index is 13.1. The number of carbonyl (C=O) groups is 3. The Kier molecular flexibility index (Phi) is 8.47. The molecule has 0 atom stereocenters. The Morgan fingerprint density at radius 3 is 2.49 bits per heavy atom. The minimum absolute atomic E-state index is 0.0388. The highest BCUT2D eigenvalue weighted by atomic mass is 19.1. The maximum Gasteiger partial charge on any atom is 0.276 e. The Hall–Kier alpha value is -4.25. The Balaban J connectivity index is 1.37. The second kappa shape index (κ2) is 12.1. The van der Waals surface area contributed by atoms with Crippen molar-refractivity contribution >= 4 is 29.1 Å². The summed E-state index contributed by atoms with van der Waals surface area (Å²) in [6.45, 7) is 3.30. The first-order valence-corrected chi connectivity index (χ1v) is 12.0. The second-order valence-electron chi connectivity index (χ2n) is 8.61. The van der Waals surface area contributed by atoms with Crippen LogP contribution in [0.3, 0.4) is 0 Å². The number of amides is 3. The van der Waals surface area contributed by atoms with Gasteiger partial charge in [0.1, 0.15) is 17.3 Å². The first-order valence-electron chi connectivity index (χ1n) is 12.0. The third-order valence-electron chi connectivity index (χ3n) is 6.06. The van der Waals surface area contributed by atoms with Crippen molar-refractivity contribution in [2.24, 2.45) is 0 Å². The van der Waals surface area contributed by atoms with Crippen LogP contribution in [0.2, 0.25) is 0 Å². The van der Waals surface area contributed by atoms with Gasteiger partial charge in [-0.15, -0.1) is 0 Å². The van der Waals surface area contributed by atoms with E-state index >= 15 is 0 Å². The minimum Gasteiger partial charge on any atom is -0.494 e. The molecule has 1 fully saturated rings. The standard InChI is InChI=1S/C26H29FN6O4/c1-37-21-15-19(9-10-20(21)32-24(34)17-5-7-18(27)8-6-17)31-26(36)23-22(29-16-30-23)25(35)28-11-14-33-12-3-2-4-13-33/h5-10,15-16H,2-4,11-14H2,1H3,(H,28,35)(H,29,30)(H,31,36)(H,32,34). The van der Waals surface area contributed by atoms with Gasteiger partial charge in [-0.1, -0.05) is 6.42 Å². The number of ether oxygens (including phenoxy) is 1. The molecule has 4 N–H and O–H groups in total. The largest absolute Gasteiger partial charge is 0.494 e. The molecule has 10 nitrogen and oxygen atoms in total. The molecule has 1 saturated heterocycles. The number of likely N-dealkylation sites (tertiary alicyclic amines) is 1. The van der Waals surface area contributed by atoms with Crippen LogP contribution in [0.25, 0.3) is 0 Å². The van der Waals surface area contributed by atoms with E-state index in [-0.39, 0.29) is 17.0 Å². The molecule has 3 amide bonds. The molecule has 0 spiro atoms. The predicted molar refractivity (Wildman–Crippen MR) is 137 cm³/mol. The van der Waals surface area contributed by atoms with Crippen molar-refractivity contribution < 1.29 is 23.5 Å². The van der Waals surface area contributed by atoms with E-state index in [0.29, 0.717) is 23.7 Å². The fourth-order valence-electron chi connectivity index (χ4n) is 4.10. The highest BCUT2D eigenvalue weighted by Crippen LogP contribution is 2.29. The number of nitrogens with zero attached hydrogens (tertiary/aromatic N) is 2. The lowest BCUT2D eigenvalue weighted by molar-refractivity contribution is 0.0929. The molecular weight excluding hydrogens is 479 g/mol. The lowest BCUT2D eigenvalue weighted by Crippen LogP contribution is -2.38. The number of H-pyrrole nitrogens is 1. The normalized spacial score (nSPS) is 13.6. The highest BCUT2D eigenvalue weighted by molar-refractivity contribution is 6.10. The van der Waals surface area contributed by atoms with Gasteiger partial charge in [0.05, 0.1) is 19.1 Å². The quantitative estimate of drug-likeness (QED) is 0.351. The smallest absolute Gasteiger partial charge is 0.276 e. The van der Waals surface area contributed by atoms with Crippen LogP contribution in [0.15, 0.2) is 48.8 Å². The number of hydrogen-bond acceptors (Lipinski definition) is 6. The summed E-state index contributed by atoms with van der Waals surface area (Å²) < 4.78 is 18.5. The van der Waals surface area contributed by atoms with Crippen molar-refractivity contribution in [2.45, 2.75) is 19.3 Å². The van der Waals surface area contributed by atoms with E-state index in [1.54, 1.807) is 12.1 Å². The predicted octanol–water partition coefficient (Wildman–Crippen LogP) is 3.28. The number of imidazole rings is 1. The van der Waals surface area contributed by atoms with E-state index in [1.165, 1.54) is 63.0 Å². The van der Waals surface area contributed by atoms with Gasteiger partial charge < -0.3 is 30.6 Å². The molecule has 1 aliphatic rings. The zero-order valence-corrected chi connectivity index (χ0v) is 20.5. The summed E-state index contributed by atoms with van der Waals surface area (Å²) in [4.78, 5) is 47.1. The first kappa shape index (κ1) is 25.8. The molecule has 11 heteroatoms. The lowest BCUT2D eigenvalue weighted by atomic mass is 10.1. The van der Waals surface area contributed by atoms with Crippen molar-refractivity contribution in [3.05, 3.63) is 71.6 Å². The number of benzene rings is 2. The Labute approximate surface area is 213 Å². The monoisotopic (exact) mass is 508 g/mol. The molecule has 2 heterocycles. The summed E-state index contributed by atoms with van der Waals surface area (Å²) in [5.41, 5.74) is 1.06. The van der Waals surface area contributed by atoms with Gasteiger partial charge in [-0.2, -0.15) is 0 Å². The van der Waals surface area contributed by atoms with Crippen molar-refractivity contribution in [3.63, 3.8) is 0 Å². The number of aromatic amines is 1. The molecule has 1 aromatic heterocycles. The number of nitrogens with one attached hydrogen (secondary N) is 4. The van der Waals surface area contributed by atoms with Crippen LogP contribution in [0.5, 0.6) is 5.75 Å². The summed E-state index contributed by atoms with van der Waals surface area (Å²) in [5.74, 6) is -1.57. The topological polar surface area (TPSA) is 128 Å². The third kappa shape index (κ3) is 6.70. The number of methoxy groups -OCH3 is 1. The zero-order valence-electron chi connectivity index (χ0n) is 20.5. The van der Waals surface area contributed by atoms with E-state index in [1.807, 2.05) is 0 Å². The van der Waals surface area contributed by atoms with Crippen LogP contribution >= 0.6 is 0 Å². The number of anilines is 2. The van der Waals surface area contributed by atoms with Crippen molar-refractivity contribution in [2.75, 3.05) is 43.9 Å². The van der Waals surface area contributed by atoms with Crippen LogP contribution in [0, 0.1) is 5.82 Å². The summed E-state index contributed by atoms with van der Waals surface area (Å²) in [7, 11) is 1.43. The SMILES string of the molecule is COc1cc(NC(=O)c2nc[nH]c2C(=O)NCCN2CCCCC2)ccc1NC(=O)c1ccc(F)cc1. The van der Waals surface area contributed by atoms with Gasteiger partial charge in [-0.3, -0.25) is 14.4 Å². The lowest BCUT2D eigenvalue weighted by Gasteiger charge is -2.26. The average Bonchev–Trinajstić information content (AvgIpc) is 3.41. The van der Waals surface area contributed by atoms with Gasteiger partial charge in [0.2, 0.25) is 0 Å². The van der Waals surface area contributed by atoms with Gasteiger partial charge in [0.25, 0.3) is 17.7 Å². The molecular formula is C26H29FN6O4.